The van der Waals surface area contributed by atoms with Crippen molar-refractivity contribution in [1.29, 1.82) is 0 Å². The molecule has 0 aliphatic rings. The number of nitrogens with one attached hydrogen (secondary N) is 1. The number of guanidine groups is 1. The number of carbonyl (C=O) groups is 2. The lowest BCUT2D eigenvalue weighted by Gasteiger charge is -2.12. The Labute approximate surface area is 117 Å². The van der Waals surface area contributed by atoms with Crippen LogP contribution in [0.2, 0.25) is 0 Å². The molecule has 0 aliphatic heterocycles. The first-order valence-corrected chi connectivity index (χ1v) is 5.30. The molecule has 1 unspecified atom stereocenters. The molecule has 0 heterocycles. The summed E-state index contributed by atoms with van der Waals surface area (Å²) in [6, 6.07) is -3.52. The molecule has 8 heteroatoms. The van der Waals surface area contributed by atoms with Crippen molar-refractivity contribution in [2.75, 3.05) is 10.9 Å². The average Bonchev–Trinajstić information content (AvgIpc) is 2.35. The topological polar surface area (TPSA) is 131 Å². The third-order valence-corrected chi connectivity index (χ3v) is 1.72. The van der Waals surface area contributed by atoms with E-state index in [4.69, 9.17) is 26.2 Å². The summed E-state index contributed by atoms with van der Waals surface area (Å²) in [5.41, 5.74) is 9.91. The normalized spacial score (nSPS) is 22.7. The number of nitrogens with two attached hydrogens (primary N) is 2. The average molecular weight is 349 g/mol. The second kappa shape index (κ2) is 8.13. The first-order chi connectivity index (χ1) is 10.1. The largest absolute Gasteiger partial charge is 0.480 e. The molecule has 0 rings (SSSR count). The first kappa shape index (κ1) is 6.62. The maximum atomic E-state index is 11.4. The Morgan fingerprint density at radius 3 is 2.69 bits per heavy atom. The van der Waals surface area contributed by atoms with Crippen LogP contribution < -0.4 is 16.8 Å². The maximum Gasteiger partial charge on any atom is 0.326 e. The third-order valence-electron chi connectivity index (χ3n) is 1.03. The zero-order valence-electron chi connectivity index (χ0n) is 15.0. The first-order valence-electron chi connectivity index (χ1n) is 7.28. The quantitative estimate of drug-likeness (QED) is 0.204. The van der Waals surface area contributed by atoms with Gasteiger partial charge in [0.2, 0.25) is 5.91 Å². The molecule has 0 saturated heterocycles. The molecule has 0 aromatic heterocycles. The van der Waals surface area contributed by atoms with E-state index in [1.165, 1.54) is 22.6 Å². The second-order valence-electron chi connectivity index (χ2n) is 2.26. The molecule has 7 nitrogen and oxygen atoms in total. The van der Waals surface area contributed by atoms with Crippen molar-refractivity contribution in [3.63, 3.8) is 0 Å². The molecule has 0 aromatic carbocycles. The van der Waals surface area contributed by atoms with Crippen molar-refractivity contribution in [2.24, 2.45) is 16.5 Å². The van der Waals surface area contributed by atoms with Gasteiger partial charge < -0.3 is 21.9 Å². The van der Waals surface area contributed by atoms with Gasteiger partial charge in [-0.3, -0.25) is 9.79 Å². The zero-order valence-corrected chi connectivity index (χ0v) is 10.1. The molecule has 16 heavy (non-hydrogen) atoms. The van der Waals surface area contributed by atoms with E-state index in [2.05, 4.69) is 4.99 Å². The summed E-state index contributed by atoms with van der Waals surface area (Å²) in [7, 11) is 0. The van der Waals surface area contributed by atoms with Gasteiger partial charge in [-0.05, 0) is 12.7 Å². The highest BCUT2D eigenvalue weighted by molar-refractivity contribution is 14.1. The predicted molar refractivity (Wildman–Crippen MR) is 68.4 cm³/mol. The molecule has 0 aliphatic carbocycles. The van der Waals surface area contributed by atoms with Gasteiger partial charge in [-0.2, -0.15) is 0 Å². The van der Waals surface area contributed by atoms with Crippen LogP contribution in [-0.2, 0) is 9.59 Å². The van der Waals surface area contributed by atoms with Gasteiger partial charge in [0.25, 0.3) is 0 Å². The number of halogens is 1. The maximum absolute atomic E-state index is 11.4. The van der Waals surface area contributed by atoms with Crippen molar-refractivity contribution >= 4 is 40.4 Å². The van der Waals surface area contributed by atoms with E-state index in [9.17, 15) is 9.59 Å². The molecular weight excluding hydrogens is 327 g/mol. The smallest absolute Gasteiger partial charge is 0.326 e. The van der Waals surface area contributed by atoms with Crippen LogP contribution in [0.3, 0.4) is 0 Å². The van der Waals surface area contributed by atoms with Crippen molar-refractivity contribution < 1.29 is 24.3 Å². The number of hydrogen-bond donors (Lipinski definition) is 4. The number of alkyl halides is 1. The van der Waals surface area contributed by atoms with Crippen molar-refractivity contribution in [2.45, 2.75) is 18.8 Å². The van der Waals surface area contributed by atoms with E-state index in [0.717, 1.165) is 0 Å². The van der Waals surface area contributed by atoms with Crippen molar-refractivity contribution in [3.05, 3.63) is 0 Å². The van der Waals surface area contributed by atoms with Gasteiger partial charge in [-0.1, -0.05) is 22.6 Å². The number of carboxylic acid groups (broad SMARTS) is 1. The van der Waals surface area contributed by atoms with Gasteiger partial charge in [0.1, 0.15) is 6.02 Å². The third kappa shape index (κ3) is 7.26. The highest BCUT2D eigenvalue weighted by Gasteiger charge is 2.18. The van der Waals surface area contributed by atoms with Gasteiger partial charge in [0.15, 0.2) is 5.96 Å². The van der Waals surface area contributed by atoms with Gasteiger partial charge in [-0.25, -0.2) is 4.79 Å². The minimum Gasteiger partial charge on any atom is -0.480 e. The van der Waals surface area contributed by atoms with Crippen molar-refractivity contribution in [1.82, 2.24) is 5.32 Å². The van der Waals surface area contributed by atoms with E-state index in [1.807, 2.05) is 0 Å². The van der Waals surface area contributed by atoms with Crippen molar-refractivity contribution in [3.8, 4) is 0 Å². The zero-order chi connectivity index (χ0) is 18.9. The van der Waals surface area contributed by atoms with Crippen LogP contribution in [-0.4, -0.2) is 39.9 Å². The number of aliphatic imine (C=N–C) groups is 1. The SMILES string of the molecule is [2H]C([2H])(N=C(N)N)C([2H])([2H])C([2H])([2H])C([2H])(NC(=O)CI)C(=O)O. The number of nitrogens with zero attached hydrogens (tertiary/aromatic N) is 1. The molecule has 0 saturated carbocycles. The minimum absolute atomic E-state index is 0.328. The Kier molecular flexibility index (Phi) is 3.37. The number of amides is 1. The molecule has 0 fully saturated rings. The Morgan fingerprint density at radius 1 is 1.62 bits per heavy atom. The van der Waals surface area contributed by atoms with Crippen LogP contribution >= 0.6 is 22.6 Å². The van der Waals surface area contributed by atoms with Crippen LogP contribution in [0.15, 0.2) is 4.99 Å². The molecule has 0 bridgehead atoms. The van der Waals surface area contributed by atoms with Gasteiger partial charge in [0, 0.05) is 12.0 Å². The summed E-state index contributed by atoms with van der Waals surface area (Å²) < 4.78 is 53.0. The Morgan fingerprint density at radius 2 is 2.25 bits per heavy atom. The van der Waals surface area contributed by atoms with Gasteiger partial charge >= 0.3 is 5.97 Å². The van der Waals surface area contributed by atoms with Crippen LogP contribution in [0.25, 0.3) is 0 Å². The molecule has 0 radical (unpaired) electrons. The molecule has 6 N–H and O–H groups in total. The Balaban J connectivity index is 6.20. The molecule has 0 spiro atoms. The summed E-state index contributed by atoms with van der Waals surface area (Å²) in [6.07, 6.45) is -7.45. The highest BCUT2D eigenvalue weighted by atomic mass is 127. The number of aliphatic carboxylic acids is 1. The lowest BCUT2D eigenvalue weighted by molar-refractivity contribution is -0.141. The summed E-state index contributed by atoms with van der Waals surface area (Å²) >= 11 is 1.52. The van der Waals surface area contributed by atoms with Crippen LogP contribution in [0.4, 0.5) is 0 Å². The van der Waals surface area contributed by atoms with Crippen LogP contribution in [0.5, 0.6) is 0 Å². The standard InChI is InChI=1S/C8H15IN4O3/c9-4-6(14)13-5(7(15)16)2-1-3-12-8(10)11/h5H,1-4H2,(H,13,14)(H,15,16)(H4,10,11,12)/i1D2,2D2,3D2,5D. The highest BCUT2D eigenvalue weighted by Crippen LogP contribution is 1.99. The van der Waals surface area contributed by atoms with E-state index in [0.29, 0.717) is 0 Å². The van der Waals surface area contributed by atoms with E-state index < -0.39 is 43.1 Å². The lowest BCUT2D eigenvalue weighted by Crippen LogP contribution is -2.41. The fourth-order valence-electron chi connectivity index (χ4n) is 0.494. The summed E-state index contributed by atoms with van der Waals surface area (Å²) in [6.45, 7) is -3.41. The minimum atomic E-state index is -3.75. The van der Waals surface area contributed by atoms with E-state index in [1.54, 1.807) is 5.32 Å². The summed E-state index contributed by atoms with van der Waals surface area (Å²) in [4.78, 5) is 25.6. The van der Waals surface area contributed by atoms with Gasteiger partial charge in [-0.15, -0.1) is 0 Å². The molecule has 0 aromatic rings. The molecule has 1 amide bonds. The van der Waals surface area contributed by atoms with Gasteiger partial charge in [0.05, 0.1) is 8.54 Å². The molecule has 92 valence electrons. The summed E-state index contributed by atoms with van der Waals surface area (Å²) in [5.74, 6) is -4.17. The van der Waals surface area contributed by atoms with Crippen LogP contribution in [0.1, 0.15) is 22.3 Å². The monoisotopic (exact) mass is 349 g/mol. The number of hydrogen-bond acceptors (Lipinski definition) is 3. The number of carboxylic acids is 1. The Hall–Kier alpha value is -1.06. The fourth-order valence-corrected chi connectivity index (χ4v) is 0.685. The number of rotatable bonds is 7. The molecule has 1 atom stereocenters. The predicted octanol–water partition coefficient (Wildman–Crippen LogP) is -0.956. The van der Waals surface area contributed by atoms with E-state index >= 15 is 0 Å². The lowest BCUT2D eigenvalue weighted by atomic mass is 10.1. The number of carbonyl (C=O) groups excluding carboxylic acids is 1. The second-order valence-corrected chi connectivity index (χ2v) is 3.02. The fraction of sp³-hybridized carbons (Fsp3) is 0.625. The Bertz CT molecular complexity index is 526. The summed E-state index contributed by atoms with van der Waals surface area (Å²) in [5, 5.41) is 10.6. The molecular formula is C8H15IN4O3. The van der Waals surface area contributed by atoms with E-state index in [-0.39, 0.29) is 4.43 Å². The van der Waals surface area contributed by atoms with Crippen LogP contribution in [0, 0.1) is 0 Å².